The lowest BCUT2D eigenvalue weighted by atomic mass is 10.2. The number of furan rings is 1. The maximum absolute atomic E-state index is 13.4. The third-order valence-corrected chi connectivity index (χ3v) is 6.14. The highest BCUT2D eigenvalue weighted by atomic mass is 32.2. The fraction of sp³-hybridized carbons (Fsp3) is 0.263. The van der Waals surface area contributed by atoms with E-state index >= 15 is 0 Å². The molecule has 158 valence electrons. The van der Waals surface area contributed by atoms with Gasteiger partial charge in [0.15, 0.2) is 5.76 Å². The SMILES string of the molecule is Cc1oc(-c2[nH]ncc2C(=O)N2CCOCC2)cc1S(=O)(=O)Nc1cccc(F)c1. The molecule has 1 aliphatic rings. The van der Waals surface area contributed by atoms with Crippen molar-refractivity contribution < 1.29 is 26.8 Å². The van der Waals surface area contributed by atoms with Crippen molar-refractivity contribution in [2.45, 2.75) is 11.8 Å². The van der Waals surface area contributed by atoms with Crippen molar-refractivity contribution in [3.63, 3.8) is 0 Å². The number of benzene rings is 1. The minimum atomic E-state index is -4.04. The average molecular weight is 434 g/mol. The standard InChI is InChI=1S/C19H19FN4O5S/c1-12-17(30(26,27)23-14-4-2-3-13(20)9-14)10-16(29-12)18-15(11-21-22-18)19(25)24-5-7-28-8-6-24/h2-4,9-11,23H,5-8H2,1H3,(H,21,22). The number of hydrogen-bond donors (Lipinski definition) is 2. The van der Waals surface area contributed by atoms with E-state index in [2.05, 4.69) is 14.9 Å². The number of aromatic nitrogens is 2. The molecule has 0 aliphatic carbocycles. The summed E-state index contributed by atoms with van der Waals surface area (Å²) in [5.41, 5.74) is 0.636. The normalized spacial score (nSPS) is 14.7. The van der Waals surface area contributed by atoms with E-state index in [9.17, 15) is 17.6 Å². The number of H-pyrrole nitrogens is 1. The van der Waals surface area contributed by atoms with Gasteiger partial charge in [0.2, 0.25) is 0 Å². The van der Waals surface area contributed by atoms with Crippen LogP contribution in [0.5, 0.6) is 0 Å². The second kappa shape index (κ2) is 7.92. The maximum Gasteiger partial charge on any atom is 0.265 e. The van der Waals surface area contributed by atoms with Crippen LogP contribution >= 0.6 is 0 Å². The highest BCUT2D eigenvalue weighted by Gasteiger charge is 2.27. The van der Waals surface area contributed by atoms with Crippen LogP contribution in [0.1, 0.15) is 16.1 Å². The largest absolute Gasteiger partial charge is 0.458 e. The number of hydrogen-bond acceptors (Lipinski definition) is 6. The average Bonchev–Trinajstić information content (AvgIpc) is 3.34. The number of anilines is 1. The number of ether oxygens (including phenoxy) is 1. The topological polar surface area (TPSA) is 118 Å². The smallest absolute Gasteiger partial charge is 0.265 e. The predicted molar refractivity (Wildman–Crippen MR) is 105 cm³/mol. The number of carbonyl (C=O) groups is 1. The lowest BCUT2D eigenvalue weighted by molar-refractivity contribution is 0.0303. The van der Waals surface area contributed by atoms with E-state index in [4.69, 9.17) is 9.15 Å². The van der Waals surface area contributed by atoms with E-state index in [-0.39, 0.29) is 39.3 Å². The zero-order chi connectivity index (χ0) is 21.3. The molecule has 11 heteroatoms. The first-order valence-electron chi connectivity index (χ1n) is 9.15. The molecule has 4 rings (SSSR count). The molecule has 1 aliphatic heterocycles. The molecule has 0 saturated carbocycles. The van der Waals surface area contributed by atoms with Crippen LogP contribution in [0, 0.1) is 12.7 Å². The van der Waals surface area contributed by atoms with Gasteiger partial charge in [-0.25, -0.2) is 12.8 Å². The maximum atomic E-state index is 13.4. The Morgan fingerprint density at radius 1 is 1.27 bits per heavy atom. The van der Waals surface area contributed by atoms with E-state index in [1.807, 2.05) is 0 Å². The monoisotopic (exact) mass is 434 g/mol. The Labute approximate surface area is 171 Å². The summed E-state index contributed by atoms with van der Waals surface area (Å²) in [6.07, 6.45) is 1.38. The van der Waals surface area contributed by atoms with E-state index in [1.165, 1.54) is 37.4 Å². The van der Waals surface area contributed by atoms with Crippen molar-refractivity contribution in [1.82, 2.24) is 15.1 Å². The first-order chi connectivity index (χ1) is 14.3. The van der Waals surface area contributed by atoms with Gasteiger partial charge in [0.25, 0.3) is 15.9 Å². The van der Waals surface area contributed by atoms with Crippen molar-refractivity contribution in [2.75, 3.05) is 31.0 Å². The zero-order valence-electron chi connectivity index (χ0n) is 16.0. The Kier molecular flexibility index (Phi) is 5.31. The van der Waals surface area contributed by atoms with E-state index < -0.39 is 15.8 Å². The van der Waals surface area contributed by atoms with Gasteiger partial charge in [-0.3, -0.25) is 14.6 Å². The molecule has 1 fully saturated rings. The van der Waals surface area contributed by atoms with Gasteiger partial charge in [0.05, 0.1) is 30.7 Å². The minimum Gasteiger partial charge on any atom is -0.458 e. The van der Waals surface area contributed by atoms with E-state index in [0.717, 1.165) is 6.07 Å². The Balaban J connectivity index is 1.63. The Bertz CT molecular complexity index is 1180. The first kappa shape index (κ1) is 20.1. The number of aryl methyl sites for hydroxylation is 1. The van der Waals surface area contributed by atoms with E-state index in [0.29, 0.717) is 26.3 Å². The molecule has 0 radical (unpaired) electrons. The zero-order valence-corrected chi connectivity index (χ0v) is 16.8. The molecule has 1 aromatic carbocycles. The molecule has 30 heavy (non-hydrogen) atoms. The van der Waals surface area contributed by atoms with Gasteiger partial charge in [-0.15, -0.1) is 0 Å². The van der Waals surface area contributed by atoms with Gasteiger partial charge in [0.1, 0.15) is 22.2 Å². The molecule has 0 spiro atoms. The lowest BCUT2D eigenvalue weighted by Gasteiger charge is -2.26. The quantitative estimate of drug-likeness (QED) is 0.637. The molecule has 9 nitrogen and oxygen atoms in total. The number of morpholine rings is 1. The summed E-state index contributed by atoms with van der Waals surface area (Å²) in [7, 11) is -4.04. The first-order valence-corrected chi connectivity index (χ1v) is 10.6. The molecule has 3 aromatic rings. The van der Waals surface area contributed by atoms with Crippen molar-refractivity contribution in [2.24, 2.45) is 0 Å². The fourth-order valence-electron chi connectivity index (χ4n) is 3.19. The molecule has 2 N–H and O–H groups in total. The molecule has 1 saturated heterocycles. The number of aromatic amines is 1. The summed E-state index contributed by atoms with van der Waals surface area (Å²) in [6.45, 7) is 3.30. The van der Waals surface area contributed by atoms with Gasteiger partial charge in [-0.05, 0) is 25.1 Å². The number of sulfonamides is 1. The highest BCUT2D eigenvalue weighted by Crippen LogP contribution is 2.30. The van der Waals surface area contributed by atoms with Gasteiger partial charge in [-0.1, -0.05) is 6.07 Å². The number of amides is 1. The summed E-state index contributed by atoms with van der Waals surface area (Å²) in [6, 6.07) is 6.42. The van der Waals surface area contributed by atoms with Crippen LogP contribution in [-0.4, -0.2) is 55.7 Å². The number of nitrogens with zero attached hydrogens (tertiary/aromatic N) is 2. The van der Waals surface area contributed by atoms with Crippen LogP contribution in [-0.2, 0) is 14.8 Å². The molecular formula is C19H19FN4O5S. The van der Waals surface area contributed by atoms with Crippen LogP contribution in [0.2, 0.25) is 0 Å². The van der Waals surface area contributed by atoms with Crippen LogP contribution in [0.3, 0.4) is 0 Å². The number of carbonyl (C=O) groups excluding carboxylic acids is 1. The highest BCUT2D eigenvalue weighted by molar-refractivity contribution is 7.92. The van der Waals surface area contributed by atoms with Crippen LogP contribution < -0.4 is 4.72 Å². The van der Waals surface area contributed by atoms with Gasteiger partial charge in [-0.2, -0.15) is 5.10 Å². The Morgan fingerprint density at radius 2 is 2.03 bits per heavy atom. The van der Waals surface area contributed by atoms with Gasteiger partial charge < -0.3 is 14.1 Å². The summed E-state index contributed by atoms with van der Waals surface area (Å²) in [4.78, 5) is 14.3. The second-order valence-corrected chi connectivity index (χ2v) is 8.36. The van der Waals surface area contributed by atoms with Crippen LogP contribution in [0.4, 0.5) is 10.1 Å². The lowest BCUT2D eigenvalue weighted by Crippen LogP contribution is -2.40. The van der Waals surface area contributed by atoms with Crippen molar-refractivity contribution >= 4 is 21.6 Å². The van der Waals surface area contributed by atoms with Gasteiger partial charge >= 0.3 is 0 Å². The summed E-state index contributed by atoms with van der Waals surface area (Å²) >= 11 is 0. The molecule has 2 aromatic heterocycles. The summed E-state index contributed by atoms with van der Waals surface area (Å²) in [5.74, 6) is -0.545. The minimum absolute atomic E-state index is 0.0851. The molecule has 0 bridgehead atoms. The van der Waals surface area contributed by atoms with E-state index in [1.54, 1.807) is 4.90 Å². The third-order valence-electron chi connectivity index (χ3n) is 4.65. The summed E-state index contributed by atoms with van der Waals surface area (Å²) in [5, 5.41) is 6.63. The summed E-state index contributed by atoms with van der Waals surface area (Å²) < 4.78 is 52.1. The second-order valence-electron chi connectivity index (χ2n) is 6.71. The van der Waals surface area contributed by atoms with Crippen molar-refractivity contribution in [1.29, 1.82) is 0 Å². The fourth-order valence-corrected chi connectivity index (χ4v) is 4.42. The number of halogens is 1. The number of nitrogens with one attached hydrogen (secondary N) is 2. The number of rotatable bonds is 5. The Hall–Kier alpha value is -3.18. The predicted octanol–water partition coefficient (Wildman–Crippen LogP) is 2.39. The molecular weight excluding hydrogens is 415 g/mol. The molecule has 1 amide bonds. The van der Waals surface area contributed by atoms with Crippen LogP contribution in [0.15, 0.2) is 45.8 Å². The van der Waals surface area contributed by atoms with Gasteiger partial charge in [0, 0.05) is 19.2 Å². The molecule has 0 unspecified atom stereocenters. The third kappa shape index (κ3) is 3.94. The molecule has 0 atom stereocenters. The Morgan fingerprint density at radius 3 is 2.77 bits per heavy atom. The van der Waals surface area contributed by atoms with Crippen LogP contribution in [0.25, 0.3) is 11.5 Å². The van der Waals surface area contributed by atoms with Crippen molar-refractivity contribution in [3.05, 3.63) is 53.7 Å². The molecule has 3 heterocycles. The van der Waals surface area contributed by atoms with Crippen molar-refractivity contribution in [3.8, 4) is 11.5 Å².